The first-order chi connectivity index (χ1) is 12.0. The molecule has 2 aromatic carbocycles. The quantitative estimate of drug-likeness (QED) is 0.652. The van der Waals surface area contributed by atoms with E-state index in [0.717, 1.165) is 16.8 Å². The van der Waals surface area contributed by atoms with Crippen molar-refractivity contribution in [3.63, 3.8) is 0 Å². The van der Waals surface area contributed by atoms with Crippen LogP contribution in [0.1, 0.15) is 5.69 Å². The zero-order valence-electron chi connectivity index (χ0n) is 13.4. The van der Waals surface area contributed by atoms with Gasteiger partial charge in [0.15, 0.2) is 0 Å². The average molecular weight is 356 g/mol. The third-order valence-electron chi connectivity index (χ3n) is 3.55. The Morgan fingerprint density at radius 1 is 1.00 bits per heavy atom. The Kier molecular flexibility index (Phi) is 4.95. The Morgan fingerprint density at radius 3 is 2.48 bits per heavy atom. The highest BCUT2D eigenvalue weighted by atomic mass is 35.5. The fourth-order valence-electron chi connectivity index (χ4n) is 2.35. The van der Waals surface area contributed by atoms with Crippen LogP contribution < -0.4 is 10.6 Å². The number of halogens is 2. The molecule has 0 saturated heterocycles. The molecule has 0 spiro atoms. The molecule has 4 nitrogen and oxygen atoms in total. The van der Waals surface area contributed by atoms with Gasteiger partial charge in [-0.3, -0.25) is 4.98 Å². The van der Waals surface area contributed by atoms with Crippen LogP contribution in [0.2, 0.25) is 5.02 Å². The number of carbonyl (C=O) groups is 1. The first-order valence-electron chi connectivity index (χ1n) is 7.57. The summed E-state index contributed by atoms with van der Waals surface area (Å²) in [6, 6.07) is 14.7. The predicted molar refractivity (Wildman–Crippen MR) is 98.5 cm³/mol. The van der Waals surface area contributed by atoms with Crippen LogP contribution in [0.4, 0.5) is 20.6 Å². The van der Waals surface area contributed by atoms with Gasteiger partial charge in [-0.25, -0.2) is 9.18 Å². The molecule has 3 rings (SSSR count). The number of anilines is 2. The van der Waals surface area contributed by atoms with Crippen LogP contribution in [-0.4, -0.2) is 11.0 Å². The van der Waals surface area contributed by atoms with Gasteiger partial charge in [-0.15, -0.1) is 0 Å². The highest BCUT2D eigenvalue weighted by Crippen LogP contribution is 2.22. The van der Waals surface area contributed by atoms with Gasteiger partial charge in [0, 0.05) is 22.6 Å². The summed E-state index contributed by atoms with van der Waals surface area (Å²) >= 11 is 5.80. The summed E-state index contributed by atoms with van der Waals surface area (Å²) in [4.78, 5) is 16.2. The molecule has 0 aliphatic heterocycles. The normalized spacial score (nSPS) is 10.4. The molecule has 0 bridgehead atoms. The van der Waals surface area contributed by atoms with Gasteiger partial charge in [0.25, 0.3) is 0 Å². The van der Waals surface area contributed by atoms with E-state index in [4.69, 9.17) is 11.6 Å². The minimum absolute atomic E-state index is 0.0221. The van der Waals surface area contributed by atoms with E-state index in [1.165, 1.54) is 18.2 Å². The largest absolute Gasteiger partial charge is 0.323 e. The summed E-state index contributed by atoms with van der Waals surface area (Å²) < 4.78 is 13.6. The van der Waals surface area contributed by atoms with E-state index in [-0.39, 0.29) is 5.69 Å². The number of rotatable bonds is 3. The maximum Gasteiger partial charge on any atom is 0.323 e. The van der Waals surface area contributed by atoms with Crippen LogP contribution in [0.25, 0.3) is 11.1 Å². The Bertz CT molecular complexity index is 913. The second-order valence-corrected chi connectivity index (χ2v) is 5.90. The second-order valence-electron chi connectivity index (χ2n) is 5.47. The van der Waals surface area contributed by atoms with Gasteiger partial charge < -0.3 is 10.6 Å². The van der Waals surface area contributed by atoms with Crippen LogP contribution in [0.3, 0.4) is 0 Å². The summed E-state index contributed by atoms with van der Waals surface area (Å²) in [7, 11) is 0. The van der Waals surface area contributed by atoms with E-state index in [1.807, 2.05) is 31.2 Å². The minimum atomic E-state index is -0.553. The number of pyridine rings is 1. The molecule has 1 heterocycles. The number of aryl methyl sites for hydroxylation is 1. The van der Waals surface area contributed by atoms with Crippen molar-refractivity contribution in [2.24, 2.45) is 0 Å². The maximum atomic E-state index is 13.6. The van der Waals surface area contributed by atoms with E-state index >= 15 is 0 Å². The molecule has 0 radical (unpaired) electrons. The Balaban J connectivity index is 1.69. The van der Waals surface area contributed by atoms with E-state index in [0.29, 0.717) is 10.7 Å². The number of nitrogens with zero attached hydrogens (tertiary/aromatic N) is 1. The summed E-state index contributed by atoms with van der Waals surface area (Å²) in [5.74, 6) is -0.553. The molecule has 2 N–H and O–H groups in total. The summed E-state index contributed by atoms with van der Waals surface area (Å²) in [6.45, 7) is 1.93. The van der Waals surface area contributed by atoms with Crippen molar-refractivity contribution >= 4 is 29.0 Å². The van der Waals surface area contributed by atoms with Gasteiger partial charge in [0.05, 0.1) is 5.69 Å². The Labute approximate surface area is 149 Å². The van der Waals surface area contributed by atoms with Crippen molar-refractivity contribution in [2.75, 3.05) is 10.6 Å². The van der Waals surface area contributed by atoms with E-state index in [2.05, 4.69) is 15.6 Å². The van der Waals surface area contributed by atoms with Crippen molar-refractivity contribution in [1.82, 2.24) is 4.98 Å². The van der Waals surface area contributed by atoms with Crippen LogP contribution in [0.5, 0.6) is 0 Å². The highest BCUT2D eigenvalue weighted by molar-refractivity contribution is 6.30. The van der Waals surface area contributed by atoms with Crippen molar-refractivity contribution in [3.8, 4) is 11.1 Å². The Morgan fingerprint density at radius 2 is 1.76 bits per heavy atom. The molecule has 6 heteroatoms. The summed E-state index contributed by atoms with van der Waals surface area (Å²) in [5.41, 5.74) is 3.60. The molecule has 2 amide bonds. The highest BCUT2D eigenvalue weighted by Gasteiger charge is 2.08. The third-order valence-corrected chi connectivity index (χ3v) is 3.78. The zero-order valence-corrected chi connectivity index (χ0v) is 14.1. The lowest BCUT2D eigenvalue weighted by atomic mass is 10.1. The molecular formula is C19H15ClFN3O. The van der Waals surface area contributed by atoms with Gasteiger partial charge in [-0.1, -0.05) is 23.7 Å². The standard InChI is InChI=1S/C19H15ClFN3O/c1-12-10-14(8-9-22-12)13-2-5-16(6-3-13)23-19(25)24-18-11-15(20)4-7-17(18)21/h2-11H,1H3,(H2,23,24,25). The van der Waals surface area contributed by atoms with Crippen LogP contribution >= 0.6 is 11.6 Å². The molecule has 0 atom stereocenters. The molecule has 0 saturated carbocycles. The second kappa shape index (κ2) is 7.32. The van der Waals surface area contributed by atoms with Crippen LogP contribution in [-0.2, 0) is 0 Å². The van der Waals surface area contributed by atoms with Crippen molar-refractivity contribution in [3.05, 3.63) is 77.3 Å². The summed E-state index contributed by atoms with van der Waals surface area (Å²) in [6.07, 6.45) is 1.75. The number of hydrogen-bond acceptors (Lipinski definition) is 2. The monoisotopic (exact) mass is 355 g/mol. The molecular weight excluding hydrogens is 341 g/mol. The van der Waals surface area contributed by atoms with E-state index < -0.39 is 11.8 Å². The maximum absolute atomic E-state index is 13.6. The molecule has 0 aliphatic carbocycles. The van der Waals surface area contributed by atoms with Gasteiger partial charge in [0.1, 0.15) is 5.82 Å². The van der Waals surface area contributed by atoms with Gasteiger partial charge in [0.2, 0.25) is 0 Å². The SMILES string of the molecule is Cc1cc(-c2ccc(NC(=O)Nc3cc(Cl)ccc3F)cc2)ccn1. The first-order valence-corrected chi connectivity index (χ1v) is 7.95. The van der Waals surface area contributed by atoms with E-state index in [9.17, 15) is 9.18 Å². The number of benzene rings is 2. The zero-order chi connectivity index (χ0) is 17.8. The molecule has 0 fully saturated rings. The topological polar surface area (TPSA) is 54.0 Å². The summed E-state index contributed by atoms with van der Waals surface area (Å²) in [5, 5.41) is 5.43. The minimum Gasteiger partial charge on any atom is -0.308 e. The van der Waals surface area contributed by atoms with Crippen LogP contribution in [0, 0.1) is 12.7 Å². The number of hydrogen-bond donors (Lipinski definition) is 2. The number of aromatic nitrogens is 1. The molecule has 0 unspecified atom stereocenters. The number of amides is 2. The van der Waals surface area contributed by atoms with Crippen molar-refractivity contribution < 1.29 is 9.18 Å². The van der Waals surface area contributed by atoms with Gasteiger partial charge in [-0.2, -0.15) is 0 Å². The molecule has 3 aromatic rings. The average Bonchev–Trinajstić information content (AvgIpc) is 2.59. The first kappa shape index (κ1) is 16.9. The van der Waals surface area contributed by atoms with Crippen LogP contribution in [0.15, 0.2) is 60.8 Å². The smallest absolute Gasteiger partial charge is 0.308 e. The predicted octanol–water partition coefficient (Wildman–Crippen LogP) is 5.49. The fraction of sp³-hybridized carbons (Fsp3) is 0.0526. The number of urea groups is 1. The lowest BCUT2D eigenvalue weighted by molar-refractivity contribution is 0.262. The third kappa shape index (κ3) is 4.33. The lowest BCUT2D eigenvalue weighted by Crippen LogP contribution is -2.20. The fourth-order valence-corrected chi connectivity index (χ4v) is 2.52. The number of nitrogens with one attached hydrogen (secondary N) is 2. The van der Waals surface area contributed by atoms with Crippen molar-refractivity contribution in [1.29, 1.82) is 0 Å². The van der Waals surface area contributed by atoms with Crippen molar-refractivity contribution in [2.45, 2.75) is 6.92 Å². The van der Waals surface area contributed by atoms with Gasteiger partial charge >= 0.3 is 6.03 Å². The number of carbonyl (C=O) groups excluding carboxylic acids is 1. The molecule has 1 aromatic heterocycles. The molecule has 0 aliphatic rings. The molecule has 126 valence electrons. The lowest BCUT2D eigenvalue weighted by Gasteiger charge is -2.09. The van der Waals surface area contributed by atoms with E-state index in [1.54, 1.807) is 18.3 Å². The Hall–Kier alpha value is -2.92. The van der Waals surface area contributed by atoms with Gasteiger partial charge in [-0.05, 0) is 60.5 Å². The molecule has 25 heavy (non-hydrogen) atoms.